The molecule has 0 bridgehead atoms. The fourth-order valence-corrected chi connectivity index (χ4v) is 2.49. The molecule has 0 aliphatic rings. The maximum Gasteiger partial charge on any atom is 0.253 e. The Kier molecular flexibility index (Phi) is 4.53. The van der Waals surface area contributed by atoms with E-state index in [0.29, 0.717) is 28.9 Å². The van der Waals surface area contributed by atoms with Crippen LogP contribution in [0.15, 0.2) is 30.6 Å². The Labute approximate surface area is 124 Å². The molecule has 0 aliphatic heterocycles. The van der Waals surface area contributed by atoms with Crippen molar-refractivity contribution in [3.05, 3.63) is 36.2 Å². The van der Waals surface area contributed by atoms with Gasteiger partial charge < -0.3 is 10.4 Å². The van der Waals surface area contributed by atoms with E-state index in [1.165, 1.54) is 0 Å². The molecule has 1 aromatic heterocycles. The number of aromatic nitrogens is 2. The highest BCUT2D eigenvalue weighted by Gasteiger charge is 2.23. The minimum Gasteiger partial charge on any atom is -0.388 e. The van der Waals surface area contributed by atoms with E-state index in [1.807, 2.05) is 19.9 Å². The second kappa shape index (κ2) is 6.18. The molecule has 1 amide bonds. The van der Waals surface area contributed by atoms with Gasteiger partial charge in [-0.15, -0.1) is 0 Å². The lowest BCUT2D eigenvalue weighted by Gasteiger charge is -2.25. The number of benzene rings is 1. The Hall–Kier alpha value is -2.01. The monoisotopic (exact) mass is 287 g/mol. The molecule has 0 saturated heterocycles. The number of hydrogen-bond acceptors (Lipinski definition) is 4. The number of carbonyl (C=O) groups excluding carboxylic acids is 1. The Balaban J connectivity index is 2.13. The molecular formula is C16H21N3O2. The highest BCUT2D eigenvalue weighted by Crippen LogP contribution is 2.17. The van der Waals surface area contributed by atoms with Gasteiger partial charge in [0.15, 0.2) is 0 Å². The van der Waals surface area contributed by atoms with Crippen molar-refractivity contribution in [2.45, 2.75) is 32.8 Å². The SMILES string of the molecule is CC(C)CC(C)(O)CNC(=O)c1cccc2nccnc12. The van der Waals surface area contributed by atoms with E-state index in [2.05, 4.69) is 15.3 Å². The molecule has 5 heteroatoms. The number of carbonyl (C=O) groups is 1. The zero-order chi connectivity index (χ0) is 15.5. The first-order valence-electron chi connectivity index (χ1n) is 7.09. The lowest BCUT2D eigenvalue weighted by atomic mass is 9.94. The van der Waals surface area contributed by atoms with Crippen molar-refractivity contribution in [1.82, 2.24) is 15.3 Å². The molecular weight excluding hydrogens is 266 g/mol. The van der Waals surface area contributed by atoms with Gasteiger partial charge in [-0.2, -0.15) is 0 Å². The highest BCUT2D eigenvalue weighted by molar-refractivity contribution is 6.04. The van der Waals surface area contributed by atoms with E-state index in [4.69, 9.17) is 0 Å². The number of fused-ring (bicyclic) bond motifs is 1. The van der Waals surface area contributed by atoms with Crippen LogP contribution in [0.3, 0.4) is 0 Å². The molecule has 112 valence electrons. The first kappa shape index (κ1) is 15.4. The smallest absolute Gasteiger partial charge is 0.253 e. The topological polar surface area (TPSA) is 75.1 Å². The Bertz CT molecular complexity index is 633. The van der Waals surface area contributed by atoms with Crippen LogP contribution in [0.2, 0.25) is 0 Å². The average Bonchev–Trinajstić information content (AvgIpc) is 2.43. The summed E-state index contributed by atoms with van der Waals surface area (Å²) in [5.41, 5.74) is 0.807. The third-order valence-corrected chi connectivity index (χ3v) is 3.22. The summed E-state index contributed by atoms with van der Waals surface area (Å²) in [4.78, 5) is 20.7. The number of aliphatic hydroxyl groups is 1. The van der Waals surface area contributed by atoms with Gasteiger partial charge in [-0.3, -0.25) is 14.8 Å². The molecule has 1 heterocycles. The van der Waals surface area contributed by atoms with Gasteiger partial charge in [-0.05, 0) is 31.4 Å². The first-order chi connectivity index (χ1) is 9.89. The third kappa shape index (κ3) is 3.98. The fourth-order valence-electron chi connectivity index (χ4n) is 2.49. The van der Waals surface area contributed by atoms with Gasteiger partial charge in [0.2, 0.25) is 0 Å². The molecule has 0 fully saturated rings. The number of hydrogen-bond donors (Lipinski definition) is 2. The van der Waals surface area contributed by atoms with E-state index in [-0.39, 0.29) is 12.5 Å². The minimum atomic E-state index is -0.917. The third-order valence-electron chi connectivity index (χ3n) is 3.22. The number of nitrogens with zero attached hydrogens (tertiary/aromatic N) is 2. The first-order valence-corrected chi connectivity index (χ1v) is 7.09. The summed E-state index contributed by atoms with van der Waals surface area (Å²) in [5.74, 6) is 0.116. The lowest BCUT2D eigenvalue weighted by Crippen LogP contribution is -2.41. The van der Waals surface area contributed by atoms with Crippen molar-refractivity contribution in [1.29, 1.82) is 0 Å². The van der Waals surface area contributed by atoms with Crippen LogP contribution in [0.1, 0.15) is 37.6 Å². The van der Waals surface area contributed by atoms with Crippen molar-refractivity contribution < 1.29 is 9.90 Å². The molecule has 2 rings (SSSR count). The summed E-state index contributed by atoms with van der Waals surface area (Å²) < 4.78 is 0. The van der Waals surface area contributed by atoms with Crippen LogP contribution in [0.4, 0.5) is 0 Å². The van der Waals surface area contributed by atoms with Crippen LogP contribution in [-0.4, -0.2) is 33.1 Å². The Morgan fingerprint density at radius 3 is 2.76 bits per heavy atom. The molecule has 0 spiro atoms. The molecule has 0 saturated carbocycles. The standard InChI is InChI=1S/C16H21N3O2/c1-11(2)9-16(3,21)10-19-15(20)12-5-4-6-13-14(12)18-8-7-17-13/h4-8,11,21H,9-10H2,1-3H3,(H,19,20). The molecule has 1 aromatic carbocycles. The number of amides is 1. The minimum absolute atomic E-state index is 0.209. The Morgan fingerprint density at radius 1 is 1.33 bits per heavy atom. The van der Waals surface area contributed by atoms with E-state index in [1.54, 1.807) is 31.5 Å². The lowest BCUT2D eigenvalue weighted by molar-refractivity contribution is 0.0368. The summed E-state index contributed by atoms with van der Waals surface area (Å²) in [6, 6.07) is 5.30. The molecule has 0 aliphatic carbocycles. The van der Waals surface area contributed by atoms with Crippen LogP contribution >= 0.6 is 0 Å². The van der Waals surface area contributed by atoms with Crippen molar-refractivity contribution in [3.8, 4) is 0 Å². The molecule has 1 unspecified atom stereocenters. The predicted octanol–water partition coefficient (Wildman–Crippen LogP) is 2.16. The fraction of sp³-hybridized carbons (Fsp3) is 0.438. The molecule has 2 N–H and O–H groups in total. The molecule has 5 nitrogen and oxygen atoms in total. The Morgan fingerprint density at radius 2 is 2.05 bits per heavy atom. The normalized spacial score (nSPS) is 14.1. The zero-order valence-electron chi connectivity index (χ0n) is 12.6. The van der Waals surface area contributed by atoms with Gasteiger partial charge in [0.25, 0.3) is 5.91 Å². The van der Waals surface area contributed by atoms with Crippen LogP contribution in [0.5, 0.6) is 0 Å². The molecule has 21 heavy (non-hydrogen) atoms. The number of nitrogens with one attached hydrogen (secondary N) is 1. The highest BCUT2D eigenvalue weighted by atomic mass is 16.3. The van der Waals surface area contributed by atoms with Gasteiger partial charge in [-0.25, -0.2) is 0 Å². The predicted molar refractivity (Wildman–Crippen MR) is 82.0 cm³/mol. The summed E-state index contributed by atoms with van der Waals surface area (Å²) in [5, 5.41) is 13.0. The quantitative estimate of drug-likeness (QED) is 0.883. The van der Waals surface area contributed by atoms with Gasteiger partial charge >= 0.3 is 0 Å². The zero-order valence-corrected chi connectivity index (χ0v) is 12.6. The van der Waals surface area contributed by atoms with Crippen molar-refractivity contribution in [2.24, 2.45) is 5.92 Å². The van der Waals surface area contributed by atoms with Gasteiger partial charge in [0.1, 0.15) is 5.52 Å². The van der Waals surface area contributed by atoms with Gasteiger partial charge in [0, 0.05) is 18.9 Å². The average molecular weight is 287 g/mol. The van der Waals surface area contributed by atoms with E-state index in [9.17, 15) is 9.90 Å². The van der Waals surface area contributed by atoms with Crippen LogP contribution in [0.25, 0.3) is 11.0 Å². The summed E-state index contributed by atoms with van der Waals surface area (Å²) in [6.45, 7) is 6.02. The van der Waals surface area contributed by atoms with Crippen LogP contribution in [-0.2, 0) is 0 Å². The van der Waals surface area contributed by atoms with E-state index >= 15 is 0 Å². The second-order valence-electron chi connectivity index (χ2n) is 6.01. The molecule has 2 aromatic rings. The van der Waals surface area contributed by atoms with Crippen molar-refractivity contribution in [2.75, 3.05) is 6.54 Å². The molecule has 0 radical (unpaired) electrons. The van der Waals surface area contributed by atoms with Crippen molar-refractivity contribution in [3.63, 3.8) is 0 Å². The van der Waals surface area contributed by atoms with E-state index in [0.717, 1.165) is 0 Å². The largest absolute Gasteiger partial charge is 0.388 e. The van der Waals surface area contributed by atoms with Crippen LogP contribution in [0, 0.1) is 5.92 Å². The maximum absolute atomic E-state index is 12.3. The maximum atomic E-state index is 12.3. The molecule has 1 atom stereocenters. The van der Waals surface area contributed by atoms with Gasteiger partial charge in [-0.1, -0.05) is 19.9 Å². The van der Waals surface area contributed by atoms with Crippen molar-refractivity contribution >= 4 is 16.9 Å². The number of para-hydroxylation sites is 1. The summed E-state index contributed by atoms with van der Waals surface area (Å²) in [7, 11) is 0. The van der Waals surface area contributed by atoms with Gasteiger partial charge in [0.05, 0.1) is 16.7 Å². The summed E-state index contributed by atoms with van der Waals surface area (Å²) in [6.07, 6.45) is 3.79. The second-order valence-corrected chi connectivity index (χ2v) is 6.01. The van der Waals surface area contributed by atoms with E-state index < -0.39 is 5.60 Å². The summed E-state index contributed by atoms with van der Waals surface area (Å²) >= 11 is 0. The number of rotatable bonds is 5. The van der Waals surface area contributed by atoms with Crippen LogP contribution < -0.4 is 5.32 Å².